The van der Waals surface area contributed by atoms with Gasteiger partial charge in [0.25, 0.3) is 0 Å². The fourth-order valence-corrected chi connectivity index (χ4v) is 5.74. The number of hydrogen-bond donors (Lipinski definition) is 4. The molecule has 4 N–H and O–H groups in total. The Morgan fingerprint density at radius 2 is 0.870 bits per heavy atom. The van der Waals surface area contributed by atoms with Crippen LogP contribution in [-0.4, -0.2) is 86.8 Å². The SMILES string of the molecule is CN(C)CCCCCCCNC(=S)N/N=C/c1c2ccccc2c(/C=N/NC(=S)NCCCCCCCN(C)C)c2ccccc12. The summed E-state index contributed by atoms with van der Waals surface area (Å²) in [4.78, 5) is 4.48. The lowest BCUT2D eigenvalue weighted by Crippen LogP contribution is -2.32. The maximum atomic E-state index is 5.48. The zero-order valence-electron chi connectivity index (χ0n) is 28.3. The van der Waals surface area contributed by atoms with E-state index >= 15 is 0 Å². The van der Waals surface area contributed by atoms with Crippen molar-refractivity contribution in [3.63, 3.8) is 0 Å². The van der Waals surface area contributed by atoms with Crippen LogP contribution in [0.5, 0.6) is 0 Å². The number of nitrogens with zero attached hydrogens (tertiary/aromatic N) is 4. The molecular formula is C36H54N8S2. The molecule has 0 atom stereocenters. The molecule has 46 heavy (non-hydrogen) atoms. The number of benzene rings is 3. The number of nitrogens with one attached hydrogen (secondary N) is 4. The summed E-state index contributed by atoms with van der Waals surface area (Å²) < 4.78 is 0. The fraction of sp³-hybridized carbons (Fsp3) is 0.500. The summed E-state index contributed by atoms with van der Waals surface area (Å²) in [6.45, 7) is 4.01. The standard InChI is InChI=1S/C36H54N8S2/c1-43(2)25-17-9-5-7-15-23-37-35(45)41-39-27-33-29-19-11-13-21-31(29)34(32-22-14-12-20-30(32)33)28-40-42-36(46)38-24-16-8-6-10-18-26-44(3)4/h11-14,19-22,27-28H,5-10,15-18,23-26H2,1-4H3,(H2,37,41,45)(H2,38,42,46)/b39-27+,40-28+. The second-order valence-electron chi connectivity index (χ2n) is 12.3. The predicted molar refractivity (Wildman–Crippen MR) is 207 cm³/mol. The predicted octanol–water partition coefficient (Wildman–Crippen LogP) is 6.61. The van der Waals surface area contributed by atoms with Crippen LogP contribution in [0, 0.1) is 0 Å². The van der Waals surface area contributed by atoms with Gasteiger partial charge >= 0.3 is 0 Å². The summed E-state index contributed by atoms with van der Waals surface area (Å²) in [7, 11) is 8.51. The summed E-state index contributed by atoms with van der Waals surface area (Å²) in [6.07, 6.45) is 15.9. The van der Waals surface area contributed by atoms with Gasteiger partial charge in [-0.3, -0.25) is 10.9 Å². The molecule has 0 aliphatic carbocycles. The zero-order valence-corrected chi connectivity index (χ0v) is 29.9. The first-order valence-corrected chi connectivity index (χ1v) is 17.5. The van der Waals surface area contributed by atoms with E-state index in [1.807, 2.05) is 12.4 Å². The van der Waals surface area contributed by atoms with Gasteiger partial charge in [0.05, 0.1) is 12.4 Å². The van der Waals surface area contributed by atoms with E-state index in [-0.39, 0.29) is 0 Å². The van der Waals surface area contributed by atoms with Crippen LogP contribution in [0.1, 0.15) is 75.3 Å². The fourth-order valence-electron chi connectivity index (χ4n) is 5.43. The topological polar surface area (TPSA) is 79.3 Å². The first kappa shape index (κ1) is 37.3. The molecule has 0 unspecified atom stereocenters. The van der Waals surface area contributed by atoms with Crippen molar-refractivity contribution in [3.8, 4) is 0 Å². The lowest BCUT2D eigenvalue weighted by atomic mass is 9.92. The van der Waals surface area contributed by atoms with Gasteiger partial charge in [-0.1, -0.05) is 87.1 Å². The molecule has 0 radical (unpaired) electrons. The van der Waals surface area contributed by atoms with Crippen molar-refractivity contribution >= 4 is 68.6 Å². The normalized spacial score (nSPS) is 11.8. The number of hydrazone groups is 2. The van der Waals surface area contributed by atoms with E-state index in [2.05, 4.69) is 118 Å². The molecule has 0 saturated heterocycles. The lowest BCUT2D eigenvalue weighted by molar-refractivity contribution is 0.389. The number of thiocarbonyl (C=S) groups is 2. The minimum absolute atomic E-state index is 0.539. The van der Waals surface area contributed by atoms with Crippen molar-refractivity contribution in [1.29, 1.82) is 0 Å². The molecule has 3 aromatic carbocycles. The van der Waals surface area contributed by atoms with Crippen LogP contribution in [0.4, 0.5) is 0 Å². The third kappa shape index (κ3) is 13.7. The molecule has 0 aliphatic rings. The van der Waals surface area contributed by atoms with Crippen molar-refractivity contribution in [1.82, 2.24) is 31.3 Å². The third-order valence-electron chi connectivity index (χ3n) is 7.87. The maximum absolute atomic E-state index is 5.48. The highest BCUT2D eigenvalue weighted by Crippen LogP contribution is 2.31. The summed E-state index contributed by atoms with van der Waals surface area (Å²) >= 11 is 11.0. The Labute approximate surface area is 287 Å². The van der Waals surface area contributed by atoms with Gasteiger partial charge in [-0.05, 0) is 113 Å². The minimum atomic E-state index is 0.539. The van der Waals surface area contributed by atoms with Gasteiger partial charge in [0.1, 0.15) is 0 Å². The second kappa shape index (κ2) is 21.6. The van der Waals surface area contributed by atoms with E-state index in [9.17, 15) is 0 Å². The van der Waals surface area contributed by atoms with Crippen LogP contribution < -0.4 is 21.5 Å². The van der Waals surface area contributed by atoms with Crippen molar-refractivity contribution < 1.29 is 0 Å². The van der Waals surface area contributed by atoms with Crippen LogP contribution in [0.3, 0.4) is 0 Å². The first-order valence-electron chi connectivity index (χ1n) is 16.7. The Morgan fingerprint density at radius 3 is 1.22 bits per heavy atom. The smallest absolute Gasteiger partial charge is 0.186 e. The highest BCUT2D eigenvalue weighted by molar-refractivity contribution is 7.80. The van der Waals surface area contributed by atoms with Gasteiger partial charge < -0.3 is 20.4 Å². The number of rotatable bonds is 20. The maximum Gasteiger partial charge on any atom is 0.186 e. The summed E-state index contributed by atoms with van der Waals surface area (Å²) in [5, 5.41) is 21.0. The number of hydrogen-bond acceptors (Lipinski definition) is 6. The molecule has 3 rings (SSSR count). The van der Waals surface area contributed by atoms with E-state index in [4.69, 9.17) is 24.4 Å². The molecule has 3 aromatic rings. The Bertz CT molecular complexity index is 1260. The van der Waals surface area contributed by atoms with Crippen molar-refractivity contribution in [2.75, 3.05) is 54.4 Å². The summed E-state index contributed by atoms with van der Waals surface area (Å²) in [5.74, 6) is 0. The molecule has 0 aromatic heterocycles. The van der Waals surface area contributed by atoms with Crippen LogP contribution in [0.25, 0.3) is 21.5 Å². The molecule has 0 amide bonds. The van der Waals surface area contributed by atoms with Crippen LogP contribution in [0.15, 0.2) is 58.7 Å². The molecule has 0 fully saturated rings. The molecule has 0 bridgehead atoms. The minimum Gasteiger partial charge on any atom is -0.361 e. The molecule has 0 heterocycles. The number of fused-ring (bicyclic) bond motifs is 2. The van der Waals surface area contributed by atoms with Crippen LogP contribution in [0.2, 0.25) is 0 Å². The quantitative estimate of drug-likeness (QED) is 0.0354. The van der Waals surface area contributed by atoms with Crippen LogP contribution >= 0.6 is 24.4 Å². The molecule has 250 valence electrons. The van der Waals surface area contributed by atoms with Gasteiger partial charge in [-0.2, -0.15) is 10.2 Å². The largest absolute Gasteiger partial charge is 0.361 e. The van der Waals surface area contributed by atoms with E-state index in [0.717, 1.165) is 71.7 Å². The monoisotopic (exact) mass is 662 g/mol. The van der Waals surface area contributed by atoms with E-state index in [1.54, 1.807) is 0 Å². The molecular weight excluding hydrogens is 609 g/mol. The second-order valence-corrected chi connectivity index (χ2v) is 13.1. The summed E-state index contributed by atoms with van der Waals surface area (Å²) in [6, 6.07) is 16.7. The zero-order chi connectivity index (χ0) is 33.0. The molecule has 10 heteroatoms. The Morgan fingerprint density at radius 1 is 0.543 bits per heavy atom. The van der Waals surface area contributed by atoms with Gasteiger partial charge in [0.2, 0.25) is 0 Å². The molecule has 8 nitrogen and oxygen atoms in total. The average molecular weight is 663 g/mol. The van der Waals surface area contributed by atoms with Gasteiger partial charge in [-0.25, -0.2) is 0 Å². The molecule has 0 saturated carbocycles. The van der Waals surface area contributed by atoms with E-state index in [1.165, 1.54) is 51.4 Å². The summed E-state index contributed by atoms with van der Waals surface area (Å²) in [5.41, 5.74) is 8.08. The Balaban J connectivity index is 1.55. The Kier molecular flexibility index (Phi) is 17.5. The van der Waals surface area contributed by atoms with E-state index < -0.39 is 0 Å². The molecule has 0 spiro atoms. The van der Waals surface area contributed by atoms with Crippen molar-refractivity contribution in [2.45, 2.75) is 64.2 Å². The first-order chi connectivity index (χ1) is 22.4. The lowest BCUT2D eigenvalue weighted by Gasteiger charge is -2.13. The highest BCUT2D eigenvalue weighted by atomic mass is 32.1. The highest BCUT2D eigenvalue weighted by Gasteiger charge is 2.11. The van der Waals surface area contributed by atoms with Gasteiger partial charge in [-0.15, -0.1) is 0 Å². The Hall–Kier alpha value is -3.18. The van der Waals surface area contributed by atoms with Crippen LogP contribution in [-0.2, 0) is 0 Å². The number of unbranched alkanes of at least 4 members (excludes halogenated alkanes) is 8. The van der Waals surface area contributed by atoms with Gasteiger partial charge in [0.15, 0.2) is 10.2 Å². The van der Waals surface area contributed by atoms with Crippen molar-refractivity contribution in [2.24, 2.45) is 10.2 Å². The third-order valence-corrected chi connectivity index (χ3v) is 8.34. The van der Waals surface area contributed by atoms with E-state index in [0.29, 0.717) is 10.2 Å². The molecule has 0 aliphatic heterocycles. The van der Waals surface area contributed by atoms with Crippen molar-refractivity contribution in [3.05, 3.63) is 59.7 Å². The average Bonchev–Trinajstić information content (AvgIpc) is 3.04. The van der Waals surface area contributed by atoms with Gasteiger partial charge in [0, 0.05) is 24.2 Å².